The summed E-state index contributed by atoms with van der Waals surface area (Å²) in [4.78, 5) is 17.0. The molecule has 0 radical (unpaired) electrons. The van der Waals surface area contributed by atoms with Gasteiger partial charge in [0, 0.05) is 40.9 Å². The van der Waals surface area contributed by atoms with Crippen LogP contribution in [-0.2, 0) is 10.0 Å². The minimum atomic E-state index is -4.00. The van der Waals surface area contributed by atoms with Crippen LogP contribution in [0.4, 0.5) is 10.2 Å². The van der Waals surface area contributed by atoms with Crippen molar-refractivity contribution in [3.8, 4) is 28.4 Å². The Bertz CT molecular complexity index is 1840. The zero-order valence-electron chi connectivity index (χ0n) is 19.8. The van der Waals surface area contributed by atoms with E-state index in [1.165, 1.54) is 79.8 Å². The van der Waals surface area contributed by atoms with Gasteiger partial charge < -0.3 is 14.0 Å². The van der Waals surface area contributed by atoms with Gasteiger partial charge in [0.1, 0.15) is 17.8 Å². The molecule has 3 heterocycles. The molecule has 194 valence electrons. The number of methoxy groups -OCH3 is 2. The Morgan fingerprint density at radius 3 is 2.55 bits per heavy atom. The van der Waals surface area contributed by atoms with E-state index in [0.29, 0.717) is 16.5 Å². The Labute approximate surface area is 220 Å². The molecule has 0 aliphatic heterocycles. The number of pyridine rings is 2. The summed E-state index contributed by atoms with van der Waals surface area (Å²) < 4.78 is 60.1. The van der Waals surface area contributed by atoms with Gasteiger partial charge in [0.15, 0.2) is 5.82 Å². The van der Waals surface area contributed by atoms with Gasteiger partial charge in [0.2, 0.25) is 5.88 Å². The van der Waals surface area contributed by atoms with Crippen molar-refractivity contribution >= 4 is 38.3 Å². The SMILES string of the molecule is COc1cc(-c2cc(Cl)cnc2OC)c(F)cc1-n1c(=O)ccc2cc(S(=O)(=O)Nc3ccon3)ccc21. The van der Waals surface area contributed by atoms with Crippen molar-refractivity contribution < 1.29 is 26.8 Å². The minimum Gasteiger partial charge on any atom is -0.495 e. The van der Waals surface area contributed by atoms with E-state index in [2.05, 4.69) is 19.4 Å². The van der Waals surface area contributed by atoms with Crippen molar-refractivity contribution in [1.82, 2.24) is 14.7 Å². The molecule has 0 unspecified atom stereocenters. The summed E-state index contributed by atoms with van der Waals surface area (Å²) in [7, 11) is -1.22. The first-order valence-corrected chi connectivity index (χ1v) is 12.7. The van der Waals surface area contributed by atoms with Crippen molar-refractivity contribution in [2.75, 3.05) is 18.9 Å². The van der Waals surface area contributed by atoms with Gasteiger partial charge in [0.05, 0.1) is 35.3 Å². The molecular weight excluding hydrogens is 539 g/mol. The first-order valence-electron chi connectivity index (χ1n) is 10.9. The number of benzene rings is 2. The van der Waals surface area contributed by atoms with Gasteiger partial charge >= 0.3 is 0 Å². The summed E-state index contributed by atoms with van der Waals surface area (Å²) in [5, 5.41) is 4.23. The average Bonchev–Trinajstić information content (AvgIpc) is 3.40. The van der Waals surface area contributed by atoms with Crippen molar-refractivity contribution in [3.63, 3.8) is 0 Å². The van der Waals surface area contributed by atoms with Crippen molar-refractivity contribution in [3.05, 3.63) is 88.3 Å². The summed E-state index contributed by atoms with van der Waals surface area (Å²) in [5.41, 5.74) is 0.335. The standard InChI is InChI=1S/C25H18ClFN4O6S/c1-35-22-11-17(18-10-15(26)13-28-25(18)36-2)19(27)12-21(22)31-20-5-4-16(9-14(20)3-6-24(31)32)38(33,34)30-23-7-8-37-29-23/h3-13H,1-2H3,(H,29,30). The summed E-state index contributed by atoms with van der Waals surface area (Å²) >= 11 is 6.07. The van der Waals surface area contributed by atoms with Gasteiger partial charge in [-0.1, -0.05) is 16.8 Å². The number of ether oxygens (including phenoxy) is 2. The minimum absolute atomic E-state index is 0.0157. The fraction of sp³-hybridized carbons (Fsp3) is 0.0800. The Balaban J connectivity index is 1.66. The third kappa shape index (κ3) is 4.55. The quantitative estimate of drug-likeness (QED) is 0.307. The highest BCUT2D eigenvalue weighted by Gasteiger charge is 2.21. The number of sulfonamides is 1. The highest BCUT2D eigenvalue weighted by Crippen LogP contribution is 2.37. The molecule has 0 atom stereocenters. The number of nitrogens with one attached hydrogen (secondary N) is 1. The Morgan fingerprint density at radius 2 is 1.84 bits per heavy atom. The molecule has 0 saturated carbocycles. The van der Waals surface area contributed by atoms with Crippen LogP contribution in [0.3, 0.4) is 0 Å². The molecule has 13 heteroatoms. The molecule has 1 N–H and O–H groups in total. The zero-order valence-corrected chi connectivity index (χ0v) is 21.4. The Kier molecular flexibility index (Phi) is 6.51. The van der Waals surface area contributed by atoms with Crippen LogP contribution in [0, 0.1) is 5.82 Å². The van der Waals surface area contributed by atoms with Crippen molar-refractivity contribution in [1.29, 1.82) is 0 Å². The topological polar surface area (TPSA) is 126 Å². The third-order valence-corrected chi connectivity index (χ3v) is 7.22. The molecule has 0 amide bonds. The lowest BCUT2D eigenvalue weighted by atomic mass is 10.0. The maximum atomic E-state index is 15.5. The molecule has 0 bridgehead atoms. The number of hydrogen-bond acceptors (Lipinski definition) is 8. The predicted molar refractivity (Wildman–Crippen MR) is 138 cm³/mol. The normalized spacial score (nSPS) is 11.5. The van der Waals surface area contributed by atoms with Crippen LogP contribution < -0.4 is 19.8 Å². The Morgan fingerprint density at radius 1 is 1.03 bits per heavy atom. The number of aromatic nitrogens is 3. The zero-order chi connectivity index (χ0) is 27.0. The number of halogens is 2. The number of fused-ring (bicyclic) bond motifs is 1. The van der Waals surface area contributed by atoms with E-state index in [-0.39, 0.29) is 38.6 Å². The van der Waals surface area contributed by atoms with E-state index < -0.39 is 21.4 Å². The van der Waals surface area contributed by atoms with E-state index in [1.54, 1.807) is 0 Å². The molecule has 0 spiro atoms. The van der Waals surface area contributed by atoms with Gasteiger partial charge in [-0.15, -0.1) is 0 Å². The van der Waals surface area contributed by atoms with Crippen LogP contribution in [0.5, 0.6) is 11.6 Å². The fourth-order valence-electron chi connectivity index (χ4n) is 3.97. The number of nitrogens with zero attached hydrogens (tertiary/aromatic N) is 3. The van der Waals surface area contributed by atoms with Crippen LogP contribution in [0.15, 0.2) is 81.3 Å². The second-order valence-electron chi connectivity index (χ2n) is 7.93. The molecule has 5 aromatic rings. The number of hydrogen-bond donors (Lipinski definition) is 1. The molecule has 10 nitrogen and oxygen atoms in total. The summed E-state index contributed by atoms with van der Waals surface area (Å²) in [5.74, 6) is -0.356. The first kappa shape index (κ1) is 25.2. The molecule has 0 aliphatic rings. The van der Waals surface area contributed by atoms with Gasteiger partial charge in [-0.05, 0) is 36.4 Å². The molecule has 0 aliphatic carbocycles. The lowest BCUT2D eigenvalue weighted by molar-refractivity contribution is 0.399. The van der Waals surface area contributed by atoms with Gasteiger partial charge in [0.25, 0.3) is 15.6 Å². The molecular formula is C25H18ClFN4O6S. The Hall–Kier alpha value is -4.42. The van der Waals surface area contributed by atoms with Crippen molar-refractivity contribution in [2.24, 2.45) is 0 Å². The van der Waals surface area contributed by atoms with Crippen LogP contribution in [0.1, 0.15) is 0 Å². The number of rotatable bonds is 7. The average molecular weight is 557 g/mol. The van der Waals surface area contributed by atoms with Crippen LogP contribution in [0.2, 0.25) is 5.02 Å². The van der Waals surface area contributed by atoms with Gasteiger partial charge in [-0.2, -0.15) is 0 Å². The van der Waals surface area contributed by atoms with E-state index in [0.717, 1.165) is 6.07 Å². The summed E-state index contributed by atoms with van der Waals surface area (Å²) in [6.07, 6.45) is 2.60. The smallest absolute Gasteiger partial charge is 0.263 e. The molecule has 2 aromatic carbocycles. The monoisotopic (exact) mass is 556 g/mol. The van der Waals surface area contributed by atoms with Crippen LogP contribution >= 0.6 is 11.6 Å². The number of anilines is 1. The predicted octanol–water partition coefficient (Wildman–Crippen LogP) is 4.65. The molecule has 0 fully saturated rings. The third-order valence-electron chi connectivity index (χ3n) is 5.66. The highest BCUT2D eigenvalue weighted by atomic mass is 35.5. The van der Waals surface area contributed by atoms with E-state index in [9.17, 15) is 13.2 Å². The van der Waals surface area contributed by atoms with Crippen LogP contribution in [0.25, 0.3) is 27.7 Å². The first-order chi connectivity index (χ1) is 18.2. The molecule has 38 heavy (non-hydrogen) atoms. The molecule has 5 rings (SSSR count). The maximum absolute atomic E-state index is 15.5. The largest absolute Gasteiger partial charge is 0.495 e. The molecule has 3 aromatic heterocycles. The lowest BCUT2D eigenvalue weighted by Gasteiger charge is -2.17. The fourth-order valence-corrected chi connectivity index (χ4v) is 5.16. The summed E-state index contributed by atoms with van der Waals surface area (Å²) in [6, 6.07) is 12.3. The lowest BCUT2D eigenvalue weighted by Crippen LogP contribution is -2.19. The molecule has 0 saturated heterocycles. The van der Waals surface area contributed by atoms with Gasteiger partial charge in [-0.25, -0.2) is 17.8 Å². The van der Waals surface area contributed by atoms with E-state index in [1.807, 2.05) is 0 Å². The van der Waals surface area contributed by atoms with Crippen molar-refractivity contribution in [2.45, 2.75) is 4.90 Å². The highest BCUT2D eigenvalue weighted by molar-refractivity contribution is 7.92. The van der Waals surface area contributed by atoms with E-state index >= 15 is 4.39 Å². The van der Waals surface area contributed by atoms with E-state index in [4.69, 9.17) is 21.1 Å². The maximum Gasteiger partial charge on any atom is 0.263 e. The van der Waals surface area contributed by atoms with Crippen LogP contribution in [-0.4, -0.2) is 37.3 Å². The second-order valence-corrected chi connectivity index (χ2v) is 10.1. The second kappa shape index (κ2) is 9.80. The van der Waals surface area contributed by atoms with Gasteiger partial charge in [-0.3, -0.25) is 14.1 Å². The summed E-state index contributed by atoms with van der Waals surface area (Å²) in [6.45, 7) is 0.